The monoisotopic (exact) mass is 345 g/mol. The number of ether oxygens (including phenoxy) is 1. The number of fused-ring (bicyclic) bond motifs is 1. The minimum absolute atomic E-state index is 0.249. The quantitative estimate of drug-likeness (QED) is 0.890. The first kappa shape index (κ1) is 14.6. The predicted octanol–water partition coefficient (Wildman–Crippen LogP) is 4.41. The van der Waals surface area contributed by atoms with Gasteiger partial charge in [-0.1, -0.05) is 46.3 Å². The molecule has 0 bridgehead atoms. The maximum absolute atomic E-state index is 6.68. The zero-order chi connectivity index (χ0) is 14.7. The van der Waals surface area contributed by atoms with E-state index < -0.39 is 0 Å². The SMILES string of the molecule is NC1(CCOc2cccc(Br)c2)CCCc2ccccc21. The molecule has 0 aromatic heterocycles. The van der Waals surface area contributed by atoms with Crippen molar-refractivity contribution in [2.45, 2.75) is 31.2 Å². The lowest BCUT2D eigenvalue weighted by molar-refractivity contribution is 0.240. The number of halogens is 1. The number of hydrogen-bond acceptors (Lipinski definition) is 2. The van der Waals surface area contributed by atoms with Crippen LogP contribution in [-0.2, 0) is 12.0 Å². The van der Waals surface area contributed by atoms with Gasteiger partial charge >= 0.3 is 0 Å². The molecule has 0 radical (unpaired) electrons. The first-order valence-electron chi connectivity index (χ1n) is 7.43. The molecule has 0 spiro atoms. The first-order valence-corrected chi connectivity index (χ1v) is 8.22. The Balaban J connectivity index is 1.68. The van der Waals surface area contributed by atoms with E-state index in [1.165, 1.54) is 11.1 Å². The molecule has 3 rings (SSSR count). The van der Waals surface area contributed by atoms with E-state index in [-0.39, 0.29) is 5.54 Å². The Hall–Kier alpha value is -1.32. The number of rotatable bonds is 4. The summed E-state index contributed by atoms with van der Waals surface area (Å²) in [6.45, 7) is 0.640. The Kier molecular flexibility index (Phi) is 4.32. The molecule has 0 aliphatic heterocycles. The lowest BCUT2D eigenvalue weighted by atomic mass is 9.75. The number of nitrogens with two attached hydrogens (primary N) is 1. The molecule has 0 saturated heterocycles. The van der Waals surface area contributed by atoms with Crippen LogP contribution in [0.5, 0.6) is 5.75 Å². The summed E-state index contributed by atoms with van der Waals surface area (Å²) in [6, 6.07) is 16.5. The molecule has 0 heterocycles. The number of benzene rings is 2. The molecule has 2 aromatic rings. The molecule has 1 aliphatic carbocycles. The highest BCUT2D eigenvalue weighted by Crippen LogP contribution is 2.35. The molecule has 0 amide bonds. The van der Waals surface area contributed by atoms with Crippen LogP contribution in [0, 0.1) is 0 Å². The summed E-state index contributed by atoms with van der Waals surface area (Å²) in [7, 11) is 0. The van der Waals surface area contributed by atoms with Gasteiger partial charge in [-0.15, -0.1) is 0 Å². The fraction of sp³-hybridized carbons (Fsp3) is 0.333. The lowest BCUT2D eigenvalue weighted by Gasteiger charge is -2.35. The van der Waals surface area contributed by atoms with Crippen LogP contribution in [0.15, 0.2) is 53.0 Å². The fourth-order valence-electron chi connectivity index (χ4n) is 3.12. The topological polar surface area (TPSA) is 35.2 Å². The van der Waals surface area contributed by atoms with Crippen LogP contribution >= 0.6 is 15.9 Å². The largest absolute Gasteiger partial charge is 0.493 e. The molecule has 0 fully saturated rings. The molecular formula is C18H20BrNO. The first-order chi connectivity index (χ1) is 10.2. The Morgan fingerprint density at radius 1 is 1.14 bits per heavy atom. The van der Waals surface area contributed by atoms with Crippen molar-refractivity contribution in [3.8, 4) is 5.75 Å². The summed E-state index contributed by atoms with van der Waals surface area (Å²) in [5.41, 5.74) is 9.12. The van der Waals surface area contributed by atoms with Crippen LogP contribution in [0.1, 0.15) is 30.4 Å². The van der Waals surface area contributed by atoms with E-state index in [1.807, 2.05) is 24.3 Å². The highest BCUT2D eigenvalue weighted by Gasteiger charge is 2.32. The highest BCUT2D eigenvalue weighted by molar-refractivity contribution is 9.10. The molecule has 2 aromatic carbocycles. The van der Waals surface area contributed by atoms with Gasteiger partial charge in [-0.05, 0) is 48.6 Å². The van der Waals surface area contributed by atoms with E-state index in [2.05, 4.69) is 40.2 Å². The van der Waals surface area contributed by atoms with Crippen molar-refractivity contribution >= 4 is 15.9 Å². The van der Waals surface area contributed by atoms with Gasteiger partial charge in [0.15, 0.2) is 0 Å². The van der Waals surface area contributed by atoms with Crippen molar-refractivity contribution in [2.24, 2.45) is 5.73 Å². The van der Waals surface area contributed by atoms with Crippen molar-refractivity contribution in [3.63, 3.8) is 0 Å². The van der Waals surface area contributed by atoms with E-state index in [9.17, 15) is 0 Å². The maximum atomic E-state index is 6.68. The summed E-state index contributed by atoms with van der Waals surface area (Å²) in [5.74, 6) is 0.886. The molecule has 2 nitrogen and oxygen atoms in total. The molecule has 1 atom stereocenters. The van der Waals surface area contributed by atoms with Crippen LogP contribution in [0.25, 0.3) is 0 Å². The standard InChI is InChI=1S/C18H20BrNO/c19-15-7-3-8-16(13-15)21-12-11-18(20)10-4-6-14-5-1-2-9-17(14)18/h1-3,5,7-9,13H,4,6,10-12,20H2. The van der Waals surface area contributed by atoms with Crippen LogP contribution < -0.4 is 10.5 Å². The Labute approximate surface area is 134 Å². The van der Waals surface area contributed by atoms with E-state index in [4.69, 9.17) is 10.5 Å². The van der Waals surface area contributed by atoms with Crippen molar-refractivity contribution in [2.75, 3.05) is 6.61 Å². The summed E-state index contributed by atoms with van der Waals surface area (Å²) in [5, 5.41) is 0. The Bertz CT molecular complexity index is 628. The molecule has 2 N–H and O–H groups in total. The minimum Gasteiger partial charge on any atom is -0.493 e. The van der Waals surface area contributed by atoms with Gasteiger partial charge in [0.1, 0.15) is 5.75 Å². The van der Waals surface area contributed by atoms with E-state index >= 15 is 0 Å². The Morgan fingerprint density at radius 2 is 2.00 bits per heavy atom. The van der Waals surface area contributed by atoms with E-state index in [0.29, 0.717) is 6.61 Å². The second kappa shape index (κ2) is 6.20. The van der Waals surface area contributed by atoms with Gasteiger partial charge in [-0.2, -0.15) is 0 Å². The van der Waals surface area contributed by atoms with Crippen LogP contribution in [0.2, 0.25) is 0 Å². The average molecular weight is 346 g/mol. The second-order valence-corrected chi connectivity index (χ2v) is 6.64. The third-order valence-electron chi connectivity index (χ3n) is 4.24. The normalized spacial score (nSPS) is 20.9. The molecule has 21 heavy (non-hydrogen) atoms. The number of hydrogen-bond donors (Lipinski definition) is 1. The van der Waals surface area contributed by atoms with Crippen molar-refractivity contribution < 1.29 is 4.74 Å². The van der Waals surface area contributed by atoms with Crippen LogP contribution in [0.3, 0.4) is 0 Å². The van der Waals surface area contributed by atoms with Gasteiger partial charge in [0.05, 0.1) is 6.61 Å². The molecule has 1 unspecified atom stereocenters. The van der Waals surface area contributed by atoms with Crippen LogP contribution in [-0.4, -0.2) is 6.61 Å². The zero-order valence-electron chi connectivity index (χ0n) is 12.0. The van der Waals surface area contributed by atoms with Gasteiger partial charge in [0.25, 0.3) is 0 Å². The molecule has 110 valence electrons. The van der Waals surface area contributed by atoms with Crippen molar-refractivity contribution in [1.29, 1.82) is 0 Å². The molecule has 3 heteroatoms. The summed E-state index contributed by atoms with van der Waals surface area (Å²) in [4.78, 5) is 0. The Morgan fingerprint density at radius 3 is 2.86 bits per heavy atom. The predicted molar refractivity (Wildman–Crippen MR) is 89.5 cm³/mol. The zero-order valence-corrected chi connectivity index (χ0v) is 13.6. The van der Waals surface area contributed by atoms with E-state index in [1.54, 1.807) is 0 Å². The van der Waals surface area contributed by atoms with Gasteiger partial charge in [-0.3, -0.25) is 0 Å². The number of aryl methyl sites for hydroxylation is 1. The molecule has 0 saturated carbocycles. The average Bonchev–Trinajstić information content (AvgIpc) is 2.48. The van der Waals surface area contributed by atoms with Crippen molar-refractivity contribution in [1.82, 2.24) is 0 Å². The van der Waals surface area contributed by atoms with Gasteiger partial charge in [0, 0.05) is 16.4 Å². The molecule has 1 aliphatic rings. The van der Waals surface area contributed by atoms with E-state index in [0.717, 1.165) is 35.9 Å². The summed E-state index contributed by atoms with van der Waals surface area (Å²) in [6.07, 6.45) is 4.17. The third kappa shape index (κ3) is 3.30. The maximum Gasteiger partial charge on any atom is 0.120 e. The minimum atomic E-state index is -0.249. The highest BCUT2D eigenvalue weighted by atomic mass is 79.9. The van der Waals surface area contributed by atoms with Gasteiger partial charge < -0.3 is 10.5 Å². The van der Waals surface area contributed by atoms with Crippen LogP contribution in [0.4, 0.5) is 0 Å². The summed E-state index contributed by atoms with van der Waals surface area (Å²) < 4.78 is 6.89. The van der Waals surface area contributed by atoms with Crippen molar-refractivity contribution in [3.05, 3.63) is 64.1 Å². The lowest BCUT2D eigenvalue weighted by Crippen LogP contribution is -2.41. The summed E-state index contributed by atoms with van der Waals surface area (Å²) >= 11 is 3.46. The third-order valence-corrected chi connectivity index (χ3v) is 4.73. The molecular weight excluding hydrogens is 326 g/mol. The van der Waals surface area contributed by atoms with Gasteiger partial charge in [0.2, 0.25) is 0 Å². The second-order valence-electron chi connectivity index (χ2n) is 5.72. The van der Waals surface area contributed by atoms with Gasteiger partial charge in [-0.25, -0.2) is 0 Å². The smallest absolute Gasteiger partial charge is 0.120 e. The fourth-order valence-corrected chi connectivity index (χ4v) is 3.50.